The molecule has 0 radical (unpaired) electrons. The fourth-order valence-electron chi connectivity index (χ4n) is 3.11. The number of amides is 1. The van der Waals surface area contributed by atoms with Crippen molar-refractivity contribution in [3.05, 3.63) is 54.1 Å². The van der Waals surface area contributed by atoms with E-state index in [2.05, 4.69) is 27.4 Å². The Morgan fingerprint density at radius 1 is 1.20 bits per heavy atom. The molecule has 1 heterocycles. The number of ether oxygens (including phenoxy) is 1. The summed E-state index contributed by atoms with van der Waals surface area (Å²) in [6.07, 6.45) is 5.77. The maximum Gasteiger partial charge on any atom is 0.328 e. The summed E-state index contributed by atoms with van der Waals surface area (Å²) < 4.78 is 4.76. The largest absolute Gasteiger partial charge is 0.480 e. The Morgan fingerprint density at radius 2 is 1.97 bits per heavy atom. The zero-order chi connectivity index (χ0) is 21.8. The normalized spacial score (nSPS) is 11.8. The number of carboxylic acid groups (broad SMARTS) is 1. The highest BCUT2D eigenvalue weighted by atomic mass is 16.5. The number of aromatic nitrogens is 2. The van der Waals surface area contributed by atoms with Crippen molar-refractivity contribution in [2.45, 2.75) is 31.7 Å². The third kappa shape index (κ3) is 8.44. The van der Waals surface area contributed by atoms with Crippen LogP contribution in [0.1, 0.15) is 24.1 Å². The first-order valence-corrected chi connectivity index (χ1v) is 9.80. The zero-order valence-electron chi connectivity index (χ0n) is 17.0. The summed E-state index contributed by atoms with van der Waals surface area (Å²) in [4.78, 5) is 44.0. The lowest BCUT2D eigenvalue weighted by molar-refractivity contribution is -0.145. The average molecular weight is 416 g/mol. The van der Waals surface area contributed by atoms with Gasteiger partial charge in [-0.05, 0) is 31.4 Å². The Balaban J connectivity index is 1.85. The molecule has 1 atom stereocenters. The number of H-pyrrole nitrogens is 1. The number of imidazole rings is 1. The van der Waals surface area contributed by atoms with E-state index in [4.69, 9.17) is 9.84 Å². The first-order valence-electron chi connectivity index (χ1n) is 9.80. The number of methoxy groups -OCH3 is 1. The molecule has 0 saturated carbocycles. The highest BCUT2D eigenvalue weighted by Crippen LogP contribution is 2.06. The van der Waals surface area contributed by atoms with Crippen LogP contribution in [0, 0.1) is 0 Å². The van der Waals surface area contributed by atoms with Gasteiger partial charge in [-0.15, -0.1) is 0 Å². The van der Waals surface area contributed by atoms with Crippen LogP contribution in [0.15, 0.2) is 42.9 Å². The molecule has 1 aromatic carbocycles. The van der Waals surface area contributed by atoms with Crippen molar-refractivity contribution in [2.24, 2.45) is 0 Å². The topological polar surface area (TPSA) is 125 Å². The van der Waals surface area contributed by atoms with E-state index in [1.165, 1.54) is 19.0 Å². The number of hydrogen-bond donors (Lipinski definition) is 3. The number of nitrogens with one attached hydrogen (secondary N) is 2. The van der Waals surface area contributed by atoms with E-state index in [9.17, 15) is 14.4 Å². The maximum atomic E-state index is 12.5. The number of carbonyl (C=O) groups is 3. The number of aliphatic carboxylic acids is 1. The minimum Gasteiger partial charge on any atom is -0.480 e. The van der Waals surface area contributed by atoms with Crippen LogP contribution in [0.3, 0.4) is 0 Å². The summed E-state index contributed by atoms with van der Waals surface area (Å²) in [6.45, 7) is 0.103. The number of carboxylic acids is 1. The van der Waals surface area contributed by atoms with Gasteiger partial charge in [0.1, 0.15) is 6.04 Å². The molecule has 0 fully saturated rings. The van der Waals surface area contributed by atoms with Gasteiger partial charge in [-0.1, -0.05) is 30.3 Å². The van der Waals surface area contributed by atoms with Crippen LogP contribution in [0.2, 0.25) is 0 Å². The van der Waals surface area contributed by atoms with Gasteiger partial charge in [-0.25, -0.2) is 9.78 Å². The van der Waals surface area contributed by atoms with Gasteiger partial charge in [0.25, 0.3) is 0 Å². The predicted molar refractivity (Wildman–Crippen MR) is 110 cm³/mol. The summed E-state index contributed by atoms with van der Waals surface area (Å²) in [5, 5.41) is 11.8. The first-order chi connectivity index (χ1) is 14.5. The van der Waals surface area contributed by atoms with E-state index >= 15 is 0 Å². The Labute approximate surface area is 175 Å². The summed E-state index contributed by atoms with van der Waals surface area (Å²) >= 11 is 0. The van der Waals surface area contributed by atoms with Gasteiger partial charge in [0, 0.05) is 18.3 Å². The van der Waals surface area contributed by atoms with Crippen molar-refractivity contribution < 1.29 is 24.2 Å². The van der Waals surface area contributed by atoms with E-state index in [0.29, 0.717) is 12.2 Å². The van der Waals surface area contributed by atoms with E-state index < -0.39 is 23.9 Å². The molecule has 0 aliphatic heterocycles. The molecule has 0 spiro atoms. The molecule has 2 rings (SSSR count). The number of hydrogen-bond acceptors (Lipinski definition) is 6. The average Bonchev–Trinajstić information content (AvgIpc) is 3.23. The number of carbonyl (C=O) groups excluding carboxylic acids is 2. The second-order valence-corrected chi connectivity index (χ2v) is 6.97. The highest BCUT2D eigenvalue weighted by molar-refractivity contribution is 5.86. The second kappa shape index (κ2) is 12.4. The molecule has 1 unspecified atom stereocenters. The Bertz CT molecular complexity index is 795. The van der Waals surface area contributed by atoms with Gasteiger partial charge in [0.2, 0.25) is 5.91 Å². The quantitative estimate of drug-likeness (QED) is 0.329. The van der Waals surface area contributed by atoms with E-state index in [1.807, 2.05) is 18.2 Å². The first kappa shape index (κ1) is 23.1. The molecule has 3 N–H and O–H groups in total. The van der Waals surface area contributed by atoms with Crippen LogP contribution >= 0.6 is 0 Å². The Morgan fingerprint density at radius 3 is 2.60 bits per heavy atom. The van der Waals surface area contributed by atoms with Crippen molar-refractivity contribution in [2.75, 3.05) is 26.7 Å². The monoisotopic (exact) mass is 416 g/mol. The van der Waals surface area contributed by atoms with E-state index in [-0.39, 0.29) is 19.5 Å². The van der Waals surface area contributed by atoms with Gasteiger partial charge >= 0.3 is 11.9 Å². The molecule has 9 heteroatoms. The predicted octanol–water partition coefficient (Wildman–Crippen LogP) is 1.02. The fourth-order valence-corrected chi connectivity index (χ4v) is 3.11. The lowest BCUT2D eigenvalue weighted by atomic mass is 10.1. The molecule has 0 saturated heterocycles. The lowest BCUT2D eigenvalue weighted by Gasteiger charge is -2.22. The summed E-state index contributed by atoms with van der Waals surface area (Å²) in [7, 11) is 1.25. The van der Waals surface area contributed by atoms with Crippen LogP contribution in [0.5, 0.6) is 0 Å². The van der Waals surface area contributed by atoms with E-state index in [1.54, 1.807) is 11.1 Å². The molecule has 9 nitrogen and oxygen atoms in total. The molecular formula is C21H28N4O5. The minimum atomic E-state index is -1.01. The molecule has 162 valence electrons. The summed E-state index contributed by atoms with van der Waals surface area (Å²) in [6, 6.07) is 9.15. The summed E-state index contributed by atoms with van der Waals surface area (Å²) in [5.41, 5.74) is 1.90. The Hall–Kier alpha value is -3.20. The number of rotatable bonds is 13. The van der Waals surface area contributed by atoms with Crippen molar-refractivity contribution in [3.63, 3.8) is 0 Å². The number of unbranched alkanes of at least 4 members (excludes halogenated alkanes) is 1. The summed E-state index contributed by atoms with van der Waals surface area (Å²) in [5.74, 6) is -2.02. The lowest BCUT2D eigenvalue weighted by Crippen LogP contribution is -2.48. The van der Waals surface area contributed by atoms with Crippen LogP contribution in [0.4, 0.5) is 0 Å². The number of esters is 1. The van der Waals surface area contributed by atoms with Crippen molar-refractivity contribution in [3.8, 4) is 0 Å². The van der Waals surface area contributed by atoms with Crippen molar-refractivity contribution >= 4 is 17.8 Å². The molecule has 30 heavy (non-hydrogen) atoms. The second-order valence-electron chi connectivity index (χ2n) is 6.97. The van der Waals surface area contributed by atoms with Gasteiger partial charge in [-0.2, -0.15) is 0 Å². The number of aromatic amines is 1. The molecule has 1 amide bonds. The van der Waals surface area contributed by atoms with Gasteiger partial charge < -0.3 is 20.1 Å². The Kier molecular flexibility index (Phi) is 9.53. The standard InChI is InChI=1S/C21H28N4O5/c1-30-21(29)18(11-17-12-22-15-23-17)24-19(26)13-25(14-20(27)28)10-6-5-9-16-7-3-2-4-8-16/h2-4,7-8,12,15,18H,5-6,9-11,13-14H2,1H3,(H,22,23)(H,24,26)(H,27,28). The van der Waals surface area contributed by atoms with Gasteiger partial charge in [0.15, 0.2) is 0 Å². The van der Waals surface area contributed by atoms with Crippen molar-refractivity contribution in [1.82, 2.24) is 20.2 Å². The third-order valence-electron chi connectivity index (χ3n) is 4.56. The van der Waals surface area contributed by atoms with Crippen LogP contribution in [-0.2, 0) is 32.0 Å². The fraction of sp³-hybridized carbons (Fsp3) is 0.429. The van der Waals surface area contributed by atoms with Gasteiger partial charge in [-0.3, -0.25) is 14.5 Å². The number of nitrogens with zero attached hydrogens (tertiary/aromatic N) is 2. The smallest absolute Gasteiger partial charge is 0.328 e. The van der Waals surface area contributed by atoms with Crippen LogP contribution in [0.25, 0.3) is 0 Å². The zero-order valence-corrected chi connectivity index (χ0v) is 17.0. The van der Waals surface area contributed by atoms with Crippen molar-refractivity contribution in [1.29, 1.82) is 0 Å². The van der Waals surface area contributed by atoms with Crippen LogP contribution < -0.4 is 5.32 Å². The number of benzene rings is 1. The SMILES string of the molecule is COC(=O)C(Cc1cnc[nH]1)NC(=O)CN(CCCCc1ccccc1)CC(=O)O. The molecule has 0 aliphatic carbocycles. The van der Waals surface area contributed by atoms with Crippen LogP contribution in [-0.4, -0.2) is 70.6 Å². The van der Waals surface area contributed by atoms with Gasteiger partial charge in [0.05, 0.1) is 26.5 Å². The minimum absolute atomic E-state index is 0.117. The number of aryl methyl sites for hydroxylation is 1. The maximum absolute atomic E-state index is 12.5. The molecule has 2 aromatic rings. The van der Waals surface area contributed by atoms with E-state index in [0.717, 1.165) is 19.3 Å². The molecule has 0 bridgehead atoms. The highest BCUT2D eigenvalue weighted by Gasteiger charge is 2.24. The molecule has 0 aliphatic rings. The third-order valence-corrected chi connectivity index (χ3v) is 4.56. The molecular weight excluding hydrogens is 388 g/mol. The molecule has 1 aromatic heterocycles.